The summed E-state index contributed by atoms with van der Waals surface area (Å²) in [5.74, 6) is 0. The number of rotatable bonds is 0. The summed E-state index contributed by atoms with van der Waals surface area (Å²) in [7, 11) is 0. The average molecular weight is 207 g/mol. The van der Waals surface area contributed by atoms with Gasteiger partial charge in [0.05, 0.1) is 21.4 Å². The van der Waals surface area contributed by atoms with E-state index in [0.29, 0.717) is 21.4 Å². The monoisotopic (exact) mass is 206 g/mol. The van der Waals surface area contributed by atoms with E-state index >= 15 is 0 Å². The van der Waals surface area contributed by atoms with Crippen LogP contribution in [0.25, 0.3) is 0 Å². The predicted molar refractivity (Wildman–Crippen MR) is 56.6 cm³/mol. The molecular formula is C8H12Cl2N2. The van der Waals surface area contributed by atoms with Crippen molar-refractivity contribution >= 4 is 34.6 Å². The molecule has 0 aliphatic rings. The second-order valence-electron chi connectivity index (χ2n) is 1.90. The van der Waals surface area contributed by atoms with E-state index in [9.17, 15) is 0 Å². The summed E-state index contributed by atoms with van der Waals surface area (Å²) in [5.41, 5.74) is 11.7. The summed E-state index contributed by atoms with van der Waals surface area (Å²) in [6, 6.07) is 3.05. The largest absolute Gasteiger partial charge is 0.397 e. The van der Waals surface area contributed by atoms with Crippen molar-refractivity contribution < 1.29 is 0 Å². The minimum absolute atomic E-state index is 0.424. The van der Waals surface area contributed by atoms with Gasteiger partial charge in [-0.15, -0.1) is 0 Å². The number of anilines is 2. The number of benzene rings is 1. The van der Waals surface area contributed by atoms with Crippen molar-refractivity contribution in [2.24, 2.45) is 0 Å². The van der Waals surface area contributed by atoms with Gasteiger partial charge in [-0.1, -0.05) is 37.0 Å². The zero-order valence-electron chi connectivity index (χ0n) is 7.07. The van der Waals surface area contributed by atoms with Gasteiger partial charge in [0.1, 0.15) is 0 Å². The van der Waals surface area contributed by atoms with Crippen LogP contribution in [0.2, 0.25) is 10.0 Å². The third-order valence-corrected chi connectivity index (χ3v) is 1.85. The maximum absolute atomic E-state index is 5.62. The molecule has 0 saturated heterocycles. The third kappa shape index (κ3) is 2.80. The summed E-state index contributed by atoms with van der Waals surface area (Å²) < 4.78 is 0. The number of nitrogens with two attached hydrogens (primary N) is 2. The fourth-order valence-electron chi connectivity index (χ4n) is 0.578. The SMILES string of the molecule is CC.Nc1cc(Cl)c(Cl)cc1N. The van der Waals surface area contributed by atoms with E-state index in [1.54, 1.807) is 0 Å². The molecule has 0 saturated carbocycles. The standard InChI is InChI=1S/C6H6Cl2N2.C2H6/c7-3-1-5(9)6(10)2-4(3)8;1-2/h1-2H,9-10H2;1-2H3. The van der Waals surface area contributed by atoms with Gasteiger partial charge in [0.2, 0.25) is 0 Å². The van der Waals surface area contributed by atoms with Gasteiger partial charge in [0.15, 0.2) is 0 Å². The van der Waals surface area contributed by atoms with Crippen molar-refractivity contribution in [1.29, 1.82) is 0 Å². The molecule has 0 amide bonds. The molecule has 0 radical (unpaired) electrons. The highest BCUT2D eigenvalue weighted by atomic mass is 35.5. The van der Waals surface area contributed by atoms with Crippen LogP contribution in [-0.2, 0) is 0 Å². The summed E-state index contributed by atoms with van der Waals surface area (Å²) >= 11 is 11.2. The Morgan fingerprint density at radius 1 is 0.917 bits per heavy atom. The van der Waals surface area contributed by atoms with Gasteiger partial charge in [0.25, 0.3) is 0 Å². The van der Waals surface area contributed by atoms with Crippen molar-refractivity contribution in [3.05, 3.63) is 22.2 Å². The van der Waals surface area contributed by atoms with Gasteiger partial charge < -0.3 is 11.5 Å². The maximum Gasteiger partial charge on any atom is 0.0614 e. The highest BCUT2D eigenvalue weighted by Gasteiger charge is 2.00. The molecular weight excluding hydrogens is 195 g/mol. The van der Waals surface area contributed by atoms with E-state index in [-0.39, 0.29) is 0 Å². The van der Waals surface area contributed by atoms with E-state index in [2.05, 4.69) is 0 Å². The normalized spacial score (nSPS) is 8.67. The molecule has 0 spiro atoms. The molecule has 4 heteroatoms. The van der Waals surface area contributed by atoms with Gasteiger partial charge >= 0.3 is 0 Å². The second kappa shape index (κ2) is 5.12. The lowest BCUT2D eigenvalue weighted by Gasteiger charge is -2.00. The van der Waals surface area contributed by atoms with E-state index in [0.717, 1.165) is 0 Å². The first-order chi connectivity index (χ1) is 5.61. The van der Waals surface area contributed by atoms with E-state index < -0.39 is 0 Å². The molecule has 68 valence electrons. The fourth-order valence-corrected chi connectivity index (χ4v) is 0.922. The lowest BCUT2D eigenvalue weighted by atomic mass is 10.3. The van der Waals surface area contributed by atoms with Crippen LogP contribution in [0.3, 0.4) is 0 Å². The number of hydrogen-bond donors (Lipinski definition) is 2. The van der Waals surface area contributed by atoms with Crippen LogP contribution in [0.15, 0.2) is 12.1 Å². The summed E-state index contributed by atoms with van der Waals surface area (Å²) in [4.78, 5) is 0. The molecule has 0 aliphatic heterocycles. The van der Waals surface area contributed by atoms with Crippen molar-refractivity contribution in [3.8, 4) is 0 Å². The van der Waals surface area contributed by atoms with Gasteiger partial charge in [-0.2, -0.15) is 0 Å². The molecule has 2 nitrogen and oxygen atoms in total. The summed E-state index contributed by atoms with van der Waals surface area (Å²) in [6.45, 7) is 4.00. The van der Waals surface area contributed by atoms with Crippen LogP contribution in [0.1, 0.15) is 13.8 Å². The first-order valence-corrected chi connectivity index (χ1v) is 4.37. The molecule has 1 rings (SSSR count). The van der Waals surface area contributed by atoms with E-state index in [4.69, 9.17) is 34.7 Å². The second-order valence-corrected chi connectivity index (χ2v) is 2.71. The minimum Gasteiger partial charge on any atom is -0.397 e. The van der Waals surface area contributed by atoms with Crippen LogP contribution in [0, 0.1) is 0 Å². The van der Waals surface area contributed by atoms with Gasteiger partial charge in [-0.3, -0.25) is 0 Å². The fraction of sp³-hybridized carbons (Fsp3) is 0.250. The Kier molecular flexibility index (Phi) is 4.86. The smallest absolute Gasteiger partial charge is 0.0614 e. The maximum atomic E-state index is 5.62. The average Bonchev–Trinajstić information content (AvgIpc) is 2.05. The lowest BCUT2D eigenvalue weighted by Crippen LogP contribution is -1.93. The Morgan fingerprint density at radius 3 is 1.42 bits per heavy atom. The van der Waals surface area contributed by atoms with Crippen molar-refractivity contribution in [3.63, 3.8) is 0 Å². The van der Waals surface area contributed by atoms with Crippen LogP contribution in [-0.4, -0.2) is 0 Å². The van der Waals surface area contributed by atoms with Crippen molar-refractivity contribution in [1.82, 2.24) is 0 Å². The zero-order valence-corrected chi connectivity index (χ0v) is 8.58. The first-order valence-electron chi connectivity index (χ1n) is 3.61. The molecule has 4 N–H and O–H groups in total. The molecule has 0 fully saturated rings. The Balaban J connectivity index is 0.000000561. The van der Waals surface area contributed by atoms with Crippen molar-refractivity contribution in [2.45, 2.75) is 13.8 Å². The molecule has 1 aromatic carbocycles. The quantitative estimate of drug-likeness (QED) is 0.642. The first kappa shape index (κ1) is 11.4. The molecule has 0 atom stereocenters. The van der Waals surface area contributed by atoms with E-state index in [1.165, 1.54) is 12.1 Å². The minimum atomic E-state index is 0.424. The van der Waals surface area contributed by atoms with E-state index in [1.807, 2.05) is 13.8 Å². The lowest BCUT2D eigenvalue weighted by molar-refractivity contribution is 1.50. The summed E-state index contributed by atoms with van der Waals surface area (Å²) in [5, 5.41) is 0.849. The van der Waals surface area contributed by atoms with Crippen LogP contribution < -0.4 is 11.5 Å². The Labute approximate surface area is 82.5 Å². The molecule has 0 unspecified atom stereocenters. The van der Waals surface area contributed by atoms with Crippen molar-refractivity contribution in [2.75, 3.05) is 11.5 Å². The topological polar surface area (TPSA) is 52.0 Å². The molecule has 0 heterocycles. The molecule has 1 aromatic rings. The van der Waals surface area contributed by atoms with Gasteiger partial charge in [0, 0.05) is 0 Å². The molecule has 0 aromatic heterocycles. The zero-order chi connectivity index (χ0) is 9.72. The third-order valence-electron chi connectivity index (χ3n) is 1.13. The highest BCUT2D eigenvalue weighted by molar-refractivity contribution is 6.42. The number of nitrogen functional groups attached to an aromatic ring is 2. The Morgan fingerprint density at radius 2 is 1.17 bits per heavy atom. The molecule has 12 heavy (non-hydrogen) atoms. The Bertz CT molecular complexity index is 211. The Hall–Kier alpha value is -0.600. The highest BCUT2D eigenvalue weighted by Crippen LogP contribution is 2.28. The van der Waals surface area contributed by atoms with Crippen LogP contribution in [0.4, 0.5) is 11.4 Å². The van der Waals surface area contributed by atoms with Gasteiger partial charge in [-0.25, -0.2) is 0 Å². The summed E-state index contributed by atoms with van der Waals surface area (Å²) in [6.07, 6.45) is 0. The van der Waals surface area contributed by atoms with Crippen LogP contribution in [0.5, 0.6) is 0 Å². The number of halogens is 2. The number of hydrogen-bond acceptors (Lipinski definition) is 2. The van der Waals surface area contributed by atoms with Crippen LogP contribution >= 0.6 is 23.2 Å². The predicted octanol–water partition coefficient (Wildman–Crippen LogP) is 3.18. The molecule has 0 aliphatic carbocycles. The van der Waals surface area contributed by atoms with Gasteiger partial charge in [-0.05, 0) is 12.1 Å². The molecule has 0 bridgehead atoms.